The van der Waals surface area contributed by atoms with Crippen LogP contribution in [0.2, 0.25) is 0 Å². The second kappa shape index (κ2) is 16.4. The minimum absolute atomic E-state index is 0.118. The van der Waals surface area contributed by atoms with Crippen molar-refractivity contribution in [2.75, 3.05) is 14.1 Å². The maximum Gasteiger partial charge on any atom is 0.311 e. The van der Waals surface area contributed by atoms with Crippen molar-refractivity contribution >= 4 is 11.8 Å². The number of carbonyl (C=O) groups excluding carboxylic acids is 2. The first-order valence-electron chi connectivity index (χ1n) is 18.1. The van der Waals surface area contributed by atoms with Crippen LogP contribution in [0, 0.1) is 23.7 Å². The molecule has 14 heteroatoms. The van der Waals surface area contributed by atoms with Crippen LogP contribution >= 0.6 is 0 Å². The number of aliphatic hydroxyl groups excluding tert-OH is 3. The van der Waals surface area contributed by atoms with Gasteiger partial charge in [0.15, 0.2) is 12.6 Å². The van der Waals surface area contributed by atoms with Crippen molar-refractivity contribution in [3.8, 4) is 0 Å². The fourth-order valence-electron chi connectivity index (χ4n) is 8.22. The predicted octanol–water partition coefficient (Wildman–Crippen LogP) is 1.13. The van der Waals surface area contributed by atoms with E-state index < -0.39 is 108 Å². The number of likely N-dealkylation sites (N-methyl/N-ethyl adjacent to an activating group) is 1. The summed E-state index contributed by atoms with van der Waals surface area (Å²) in [6.45, 7) is 15.8. The van der Waals surface area contributed by atoms with E-state index in [0.29, 0.717) is 6.42 Å². The number of aliphatic hydroxyl groups is 6. The minimum Gasteiger partial charge on any atom is -0.459 e. The number of hydrogen-bond donors (Lipinski definition) is 6. The molecular weight excluding hydrogens is 654 g/mol. The summed E-state index contributed by atoms with van der Waals surface area (Å²) in [5, 5.41) is 68.1. The normalized spacial score (nSPS) is 50.5. The van der Waals surface area contributed by atoms with Gasteiger partial charge in [0.2, 0.25) is 0 Å². The highest BCUT2D eigenvalue weighted by Gasteiger charge is 2.53. The number of cyclic esters (lactones) is 1. The zero-order valence-electron chi connectivity index (χ0n) is 32.0. The molecule has 292 valence electrons. The highest BCUT2D eigenvalue weighted by molar-refractivity contribution is 5.83. The molecule has 0 bridgehead atoms. The third-order valence-electron chi connectivity index (χ3n) is 11.4. The predicted molar refractivity (Wildman–Crippen MR) is 181 cm³/mol. The molecule has 0 aromatic heterocycles. The van der Waals surface area contributed by atoms with Gasteiger partial charge in [-0.1, -0.05) is 27.7 Å². The molecule has 0 spiro atoms. The molecule has 0 aromatic rings. The number of carbonyl (C=O) groups is 2. The zero-order valence-corrected chi connectivity index (χ0v) is 32.0. The van der Waals surface area contributed by atoms with E-state index in [1.165, 1.54) is 27.7 Å². The van der Waals surface area contributed by atoms with E-state index in [2.05, 4.69) is 0 Å². The Hall–Kier alpha value is -1.30. The molecule has 3 saturated heterocycles. The highest BCUT2D eigenvalue weighted by Crippen LogP contribution is 2.40. The lowest BCUT2D eigenvalue weighted by molar-refractivity contribution is -0.316. The fraction of sp³-hybridized carbons (Fsp3) is 0.944. The molecule has 14 nitrogen and oxygen atoms in total. The van der Waals surface area contributed by atoms with Crippen LogP contribution in [0.1, 0.15) is 94.9 Å². The van der Waals surface area contributed by atoms with Gasteiger partial charge in [-0.15, -0.1) is 0 Å². The number of ether oxygens (including phenoxy) is 5. The molecule has 3 rings (SSSR count). The summed E-state index contributed by atoms with van der Waals surface area (Å²) in [5.74, 6) is -5.14. The van der Waals surface area contributed by atoms with Crippen LogP contribution in [-0.2, 0) is 33.3 Å². The van der Waals surface area contributed by atoms with Gasteiger partial charge in [-0.05, 0) is 74.9 Å². The first-order chi connectivity index (χ1) is 22.9. The Morgan fingerprint density at radius 3 is 1.98 bits per heavy atom. The Balaban J connectivity index is 2.17. The summed E-state index contributed by atoms with van der Waals surface area (Å²) < 4.78 is 31.0. The number of ketones is 1. The number of Topliss-reactive ketones (excluding diaryl/α,β-unsaturated/α-hetero) is 1. The molecular formula is C36H65NO13. The fourth-order valence-corrected chi connectivity index (χ4v) is 8.22. The van der Waals surface area contributed by atoms with E-state index in [1.807, 2.05) is 25.9 Å². The average molecular weight is 720 g/mol. The zero-order chi connectivity index (χ0) is 38.3. The molecule has 0 amide bonds. The number of hydrogen-bond acceptors (Lipinski definition) is 14. The van der Waals surface area contributed by atoms with Crippen molar-refractivity contribution in [2.45, 2.75) is 179 Å². The van der Waals surface area contributed by atoms with Gasteiger partial charge in [-0.3, -0.25) is 9.59 Å². The molecule has 18 atom stereocenters. The molecule has 0 radical (unpaired) electrons. The standard InChI is InChI=1S/C36H65NO13/c1-13-24-36(10,45)29(40)19(4)26(38)17(2)15-35(9,44)31(50-33-27(39)23(37(11)12)14-18(3)46-33)20(5)28(21(6)32(42)48-24)49-25-16-34(8,43)30(41)22(7)47-25/h17-25,27-31,33,39-41,43-45H,13-16H2,1-12H3/t17-,18?,19+,20+,21-,22?,23-,24-,25+,27?,28+,29-,30+,31-,33+,34+,35-,36-/m1/s1. The topological polar surface area (TPSA) is 205 Å². The number of nitrogens with zero attached hydrogens (tertiary/aromatic N) is 1. The van der Waals surface area contributed by atoms with Crippen LogP contribution < -0.4 is 0 Å². The van der Waals surface area contributed by atoms with Crippen LogP contribution in [0.5, 0.6) is 0 Å². The Morgan fingerprint density at radius 1 is 0.840 bits per heavy atom. The minimum atomic E-state index is -2.01. The molecule has 0 aromatic carbocycles. The third-order valence-corrected chi connectivity index (χ3v) is 11.4. The molecule has 3 aliphatic rings. The van der Waals surface area contributed by atoms with Gasteiger partial charge in [-0.25, -0.2) is 0 Å². The second-order valence-corrected chi connectivity index (χ2v) is 16.3. The summed E-state index contributed by atoms with van der Waals surface area (Å²) in [7, 11) is 3.67. The van der Waals surface area contributed by atoms with Crippen LogP contribution in [0.4, 0.5) is 0 Å². The maximum absolute atomic E-state index is 14.0. The Bertz CT molecular complexity index is 1150. The van der Waals surface area contributed by atoms with E-state index in [-0.39, 0.29) is 31.4 Å². The Labute approximate surface area is 297 Å². The van der Waals surface area contributed by atoms with Gasteiger partial charge in [-0.2, -0.15) is 0 Å². The lowest BCUT2D eigenvalue weighted by Gasteiger charge is -2.48. The molecule has 0 saturated carbocycles. The van der Waals surface area contributed by atoms with Gasteiger partial charge in [0.25, 0.3) is 0 Å². The monoisotopic (exact) mass is 719 g/mol. The van der Waals surface area contributed by atoms with Crippen molar-refractivity contribution in [3.63, 3.8) is 0 Å². The van der Waals surface area contributed by atoms with Gasteiger partial charge < -0.3 is 59.2 Å². The van der Waals surface area contributed by atoms with Crippen molar-refractivity contribution in [1.82, 2.24) is 4.90 Å². The lowest BCUT2D eigenvalue weighted by atomic mass is 9.74. The summed E-state index contributed by atoms with van der Waals surface area (Å²) in [4.78, 5) is 29.6. The molecule has 3 fully saturated rings. The molecule has 50 heavy (non-hydrogen) atoms. The van der Waals surface area contributed by atoms with E-state index in [4.69, 9.17) is 23.7 Å². The van der Waals surface area contributed by atoms with E-state index in [9.17, 15) is 40.2 Å². The molecule has 3 heterocycles. The smallest absolute Gasteiger partial charge is 0.311 e. The van der Waals surface area contributed by atoms with Crippen molar-refractivity contribution in [2.24, 2.45) is 23.7 Å². The summed E-state index contributed by atoms with van der Waals surface area (Å²) >= 11 is 0. The van der Waals surface area contributed by atoms with E-state index >= 15 is 0 Å². The Morgan fingerprint density at radius 2 is 1.44 bits per heavy atom. The van der Waals surface area contributed by atoms with Crippen molar-refractivity contribution in [1.29, 1.82) is 0 Å². The molecule has 0 aliphatic carbocycles. The van der Waals surface area contributed by atoms with E-state index in [1.54, 1.807) is 34.6 Å². The summed E-state index contributed by atoms with van der Waals surface area (Å²) in [6.07, 6.45) is -10.7. The van der Waals surface area contributed by atoms with Gasteiger partial charge in [0.05, 0.1) is 47.6 Å². The van der Waals surface area contributed by atoms with Gasteiger partial charge in [0, 0.05) is 30.2 Å². The van der Waals surface area contributed by atoms with Gasteiger partial charge >= 0.3 is 5.97 Å². The number of rotatable bonds is 6. The molecule has 6 N–H and O–H groups in total. The first kappa shape index (κ1) is 43.1. The van der Waals surface area contributed by atoms with Crippen LogP contribution in [0.25, 0.3) is 0 Å². The molecule has 3 aliphatic heterocycles. The van der Waals surface area contributed by atoms with Crippen LogP contribution in [-0.4, -0.2) is 146 Å². The first-order valence-corrected chi connectivity index (χ1v) is 18.1. The van der Waals surface area contributed by atoms with Crippen molar-refractivity contribution < 1.29 is 63.9 Å². The van der Waals surface area contributed by atoms with Crippen molar-refractivity contribution in [3.05, 3.63) is 0 Å². The third kappa shape index (κ3) is 9.25. The van der Waals surface area contributed by atoms with Gasteiger partial charge in [0.1, 0.15) is 29.7 Å². The van der Waals surface area contributed by atoms with Crippen LogP contribution in [0.3, 0.4) is 0 Å². The maximum atomic E-state index is 14.0. The number of esters is 1. The highest BCUT2D eigenvalue weighted by atomic mass is 16.7. The summed E-state index contributed by atoms with van der Waals surface area (Å²) in [5.41, 5.74) is -5.42. The second-order valence-electron chi connectivity index (χ2n) is 16.3. The molecule has 3 unspecified atom stereocenters. The summed E-state index contributed by atoms with van der Waals surface area (Å²) in [6, 6.07) is -0.337. The quantitative estimate of drug-likeness (QED) is 0.213. The van der Waals surface area contributed by atoms with E-state index in [0.717, 1.165) is 0 Å². The largest absolute Gasteiger partial charge is 0.459 e. The lowest BCUT2D eigenvalue weighted by Crippen LogP contribution is -2.61. The SMILES string of the molecule is CC[C@H]1OC(=O)[C@H](C)[C@@H](O[C@H]2C[C@](C)(O)[C@@H](O)C(C)O2)[C@H](C)[C@@H](O[C@@H]2OC(C)C[C@@H](N(C)C)C2O)[C@](C)(O)C[C@@H](C)C(=O)[C@H](C)[C@@H](O)[C@]1(C)O. The average Bonchev–Trinajstić information content (AvgIpc) is 3.01. The Kier molecular flexibility index (Phi) is 14.1. The van der Waals surface area contributed by atoms with Crippen LogP contribution in [0.15, 0.2) is 0 Å².